The Bertz CT molecular complexity index is 477. The molecule has 1 atom stereocenters. The third-order valence-electron chi connectivity index (χ3n) is 2.18. The Balaban J connectivity index is 2.44. The molecule has 0 spiro atoms. The van der Waals surface area contributed by atoms with Gasteiger partial charge < -0.3 is 10.8 Å². The molecule has 0 unspecified atom stereocenters. The van der Waals surface area contributed by atoms with Crippen molar-refractivity contribution in [3.8, 4) is 0 Å². The second-order valence-corrected chi connectivity index (χ2v) is 6.92. The fraction of sp³-hybridized carbons (Fsp3) is 0.455. The van der Waals surface area contributed by atoms with Crippen LogP contribution in [0.5, 0.6) is 0 Å². The number of anilines is 1. The van der Waals surface area contributed by atoms with E-state index in [-0.39, 0.29) is 12.4 Å². The molecular formula is C11H18N2O3S2. The van der Waals surface area contributed by atoms with E-state index in [9.17, 15) is 8.42 Å². The molecule has 0 heterocycles. The zero-order valence-electron chi connectivity index (χ0n) is 10.2. The van der Waals surface area contributed by atoms with Gasteiger partial charge in [-0.05, 0) is 19.1 Å². The third-order valence-corrected chi connectivity index (χ3v) is 5.04. The fourth-order valence-corrected chi connectivity index (χ4v) is 3.92. The first-order valence-electron chi connectivity index (χ1n) is 5.53. The average molecular weight is 290 g/mol. The smallest absolute Gasteiger partial charge is 0.212 e. The number of para-hydroxylation sites is 1. The minimum absolute atomic E-state index is 0.00363. The van der Waals surface area contributed by atoms with Crippen molar-refractivity contribution in [1.29, 1.82) is 0 Å². The van der Waals surface area contributed by atoms with Crippen molar-refractivity contribution in [3.63, 3.8) is 0 Å². The van der Waals surface area contributed by atoms with Gasteiger partial charge in [-0.15, -0.1) is 11.8 Å². The lowest BCUT2D eigenvalue weighted by atomic mass is 10.3. The van der Waals surface area contributed by atoms with Gasteiger partial charge in [0.2, 0.25) is 10.0 Å². The summed E-state index contributed by atoms with van der Waals surface area (Å²) in [7, 11) is -3.35. The Morgan fingerprint density at radius 3 is 2.72 bits per heavy atom. The second kappa shape index (κ2) is 6.98. The highest BCUT2D eigenvalue weighted by molar-refractivity contribution is 8.00. The molecular weight excluding hydrogens is 272 g/mol. The number of sulfonamides is 1. The second-order valence-electron chi connectivity index (χ2n) is 3.91. The number of nitrogens with two attached hydrogens (primary N) is 1. The Morgan fingerprint density at radius 2 is 2.11 bits per heavy atom. The van der Waals surface area contributed by atoms with Gasteiger partial charge >= 0.3 is 0 Å². The summed E-state index contributed by atoms with van der Waals surface area (Å²) in [5, 5.41) is 8.79. The molecule has 0 aliphatic carbocycles. The van der Waals surface area contributed by atoms with E-state index < -0.39 is 16.1 Å². The first-order chi connectivity index (χ1) is 8.44. The first-order valence-corrected chi connectivity index (χ1v) is 8.16. The molecule has 0 aliphatic heterocycles. The molecule has 0 bridgehead atoms. The summed E-state index contributed by atoms with van der Waals surface area (Å²) in [5.74, 6) is 0.415. The molecule has 0 aromatic heterocycles. The highest BCUT2D eigenvalue weighted by atomic mass is 32.2. The van der Waals surface area contributed by atoms with Gasteiger partial charge in [0.05, 0.1) is 12.4 Å². The average Bonchev–Trinajstić information content (AvgIpc) is 2.30. The fourth-order valence-electron chi connectivity index (χ4n) is 1.28. The molecule has 0 radical (unpaired) electrons. The van der Waals surface area contributed by atoms with Crippen molar-refractivity contribution in [1.82, 2.24) is 4.72 Å². The zero-order chi connectivity index (χ0) is 13.6. The zero-order valence-corrected chi connectivity index (χ0v) is 11.8. The number of aliphatic hydroxyl groups excluding tert-OH is 1. The Morgan fingerprint density at radius 1 is 1.44 bits per heavy atom. The summed E-state index contributed by atoms with van der Waals surface area (Å²) in [6, 6.07) is 6.88. The van der Waals surface area contributed by atoms with Crippen LogP contribution in [0, 0.1) is 0 Å². The normalized spacial score (nSPS) is 13.4. The van der Waals surface area contributed by atoms with Crippen molar-refractivity contribution >= 4 is 27.5 Å². The SMILES string of the molecule is C[C@@H](CO)NS(=O)(=O)CCSc1ccccc1N. The van der Waals surface area contributed by atoms with Crippen molar-refractivity contribution < 1.29 is 13.5 Å². The molecule has 18 heavy (non-hydrogen) atoms. The van der Waals surface area contributed by atoms with Gasteiger partial charge in [-0.25, -0.2) is 13.1 Å². The quantitative estimate of drug-likeness (QED) is 0.507. The van der Waals surface area contributed by atoms with Crippen molar-refractivity contribution in [3.05, 3.63) is 24.3 Å². The van der Waals surface area contributed by atoms with Crippen LogP contribution in [0.2, 0.25) is 0 Å². The molecule has 1 aromatic carbocycles. The third kappa shape index (κ3) is 5.26. The molecule has 4 N–H and O–H groups in total. The minimum Gasteiger partial charge on any atom is -0.398 e. The minimum atomic E-state index is -3.35. The maximum absolute atomic E-state index is 11.6. The Labute approximate surface area is 112 Å². The number of hydrogen-bond donors (Lipinski definition) is 3. The summed E-state index contributed by atoms with van der Waals surface area (Å²) < 4.78 is 25.6. The lowest BCUT2D eigenvalue weighted by Crippen LogP contribution is -2.37. The van der Waals surface area contributed by atoms with E-state index in [4.69, 9.17) is 10.8 Å². The van der Waals surface area contributed by atoms with Gasteiger partial charge in [0, 0.05) is 22.4 Å². The summed E-state index contributed by atoms with van der Waals surface area (Å²) in [6.07, 6.45) is 0. The predicted molar refractivity (Wildman–Crippen MR) is 75.0 cm³/mol. The van der Waals surface area contributed by atoms with Crippen LogP contribution in [-0.2, 0) is 10.0 Å². The van der Waals surface area contributed by atoms with Crippen LogP contribution >= 0.6 is 11.8 Å². The summed E-state index contributed by atoms with van der Waals surface area (Å²) >= 11 is 1.40. The predicted octanol–water partition coefficient (Wildman–Crippen LogP) is 0.661. The standard InChI is InChI=1S/C11H18N2O3S2/c1-9(8-14)13-18(15,16)7-6-17-11-5-3-2-4-10(11)12/h2-5,9,13-14H,6-8,12H2,1H3/t9-/m0/s1. The van der Waals surface area contributed by atoms with E-state index in [2.05, 4.69) is 4.72 Å². The van der Waals surface area contributed by atoms with E-state index in [1.165, 1.54) is 11.8 Å². The van der Waals surface area contributed by atoms with Gasteiger partial charge in [0.1, 0.15) is 0 Å². The monoisotopic (exact) mass is 290 g/mol. The van der Waals surface area contributed by atoms with E-state index >= 15 is 0 Å². The molecule has 0 amide bonds. The highest BCUT2D eigenvalue weighted by Crippen LogP contribution is 2.24. The van der Waals surface area contributed by atoms with Gasteiger partial charge in [-0.1, -0.05) is 12.1 Å². The first kappa shape index (κ1) is 15.3. The van der Waals surface area contributed by atoms with Crippen LogP contribution in [0.25, 0.3) is 0 Å². The topological polar surface area (TPSA) is 92.4 Å². The summed E-state index contributed by atoms with van der Waals surface area (Å²) in [4.78, 5) is 0.878. The number of thioether (sulfide) groups is 1. The molecule has 1 aromatic rings. The summed E-state index contributed by atoms with van der Waals surface area (Å²) in [6.45, 7) is 1.40. The molecule has 0 fully saturated rings. The van der Waals surface area contributed by atoms with Crippen LogP contribution in [0.1, 0.15) is 6.92 Å². The molecule has 0 saturated carbocycles. The molecule has 0 saturated heterocycles. The van der Waals surface area contributed by atoms with Gasteiger partial charge in [0.25, 0.3) is 0 Å². The number of hydrogen-bond acceptors (Lipinski definition) is 5. The molecule has 1 rings (SSSR count). The van der Waals surface area contributed by atoms with E-state index in [1.54, 1.807) is 13.0 Å². The molecule has 0 aliphatic rings. The van der Waals surface area contributed by atoms with Crippen LogP contribution in [0.15, 0.2) is 29.2 Å². The molecule has 7 heteroatoms. The van der Waals surface area contributed by atoms with Crippen molar-refractivity contribution in [2.24, 2.45) is 0 Å². The number of aliphatic hydroxyl groups is 1. The lowest BCUT2D eigenvalue weighted by Gasteiger charge is -2.11. The largest absolute Gasteiger partial charge is 0.398 e. The highest BCUT2D eigenvalue weighted by Gasteiger charge is 2.13. The van der Waals surface area contributed by atoms with Gasteiger partial charge in [-0.3, -0.25) is 0 Å². The van der Waals surface area contributed by atoms with Gasteiger partial charge in [-0.2, -0.15) is 0 Å². The number of nitrogens with one attached hydrogen (secondary N) is 1. The number of rotatable bonds is 7. The number of nitrogen functional groups attached to an aromatic ring is 1. The maximum atomic E-state index is 11.6. The van der Waals surface area contributed by atoms with Crippen LogP contribution < -0.4 is 10.5 Å². The summed E-state index contributed by atoms with van der Waals surface area (Å²) in [5.41, 5.74) is 6.40. The van der Waals surface area contributed by atoms with Crippen LogP contribution in [0.4, 0.5) is 5.69 Å². The Hall–Kier alpha value is -0.760. The van der Waals surface area contributed by atoms with Gasteiger partial charge in [0.15, 0.2) is 0 Å². The Kier molecular flexibility index (Phi) is 5.94. The molecule has 102 valence electrons. The van der Waals surface area contributed by atoms with Crippen molar-refractivity contribution in [2.45, 2.75) is 17.9 Å². The molecule has 5 nitrogen and oxygen atoms in total. The van der Waals surface area contributed by atoms with E-state index in [0.29, 0.717) is 11.4 Å². The van der Waals surface area contributed by atoms with E-state index in [0.717, 1.165) is 4.90 Å². The van der Waals surface area contributed by atoms with Crippen LogP contribution in [-0.4, -0.2) is 37.7 Å². The maximum Gasteiger partial charge on any atom is 0.212 e. The number of benzene rings is 1. The van der Waals surface area contributed by atoms with Crippen LogP contribution in [0.3, 0.4) is 0 Å². The van der Waals surface area contributed by atoms with E-state index in [1.807, 2.05) is 18.2 Å². The lowest BCUT2D eigenvalue weighted by molar-refractivity contribution is 0.265. The van der Waals surface area contributed by atoms with Crippen molar-refractivity contribution in [2.75, 3.05) is 23.8 Å².